The molecular weight excluding hydrogens is 462 g/mol. The Morgan fingerprint density at radius 2 is 1.51 bits per heavy atom. The van der Waals surface area contributed by atoms with Gasteiger partial charge in [-0.25, -0.2) is 0 Å². The SMILES string of the molecule is CN(C)C(=O)c1ccc(N2CCC(C3CCN(C(=O)C(C)(O)c4ccccc4)CC3)CC2)cc1Cl. The molecular formula is C28H36ClN3O3. The van der Waals surface area contributed by atoms with Crippen LogP contribution in [0.5, 0.6) is 0 Å². The van der Waals surface area contributed by atoms with Crippen molar-refractivity contribution in [1.29, 1.82) is 0 Å². The molecule has 6 nitrogen and oxygen atoms in total. The highest BCUT2D eigenvalue weighted by molar-refractivity contribution is 6.34. The van der Waals surface area contributed by atoms with Gasteiger partial charge in [0.15, 0.2) is 5.60 Å². The Hall–Kier alpha value is -2.57. The zero-order chi connectivity index (χ0) is 25.2. The summed E-state index contributed by atoms with van der Waals surface area (Å²) in [6.07, 6.45) is 4.18. The Morgan fingerprint density at radius 1 is 0.943 bits per heavy atom. The molecule has 0 radical (unpaired) electrons. The summed E-state index contributed by atoms with van der Waals surface area (Å²) in [5.41, 5.74) is 0.738. The third-order valence-corrected chi connectivity index (χ3v) is 8.05. The molecule has 35 heavy (non-hydrogen) atoms. The third kappa shape index (κ3) is 5.49. The number of nitrogens with zero attached hydrogens (tertiary/aromatic N) is 3. The Balaban J connectivity index is 1.29. The number of amides is 2. The van der Waals surface area contributed by atoms with E-state index in [-0.39, 0.29) is 11.8 Å². The summed E-state index contributed by atoms with van der Waals surface area (Å²) >= 11 is 6.42. The van der Waals surface area contributed by atoms with Crippen LogP contribution < -0.4 is 4.90 Å². The largest absolute Gasteiger partial charge is 0.376 e. The van der Waals surface area contributed by atoms with Crippen molar-refractivity contribution in [3.8, 4) is 0 Å². The minimum atomic E-state index is -1.49. The molecule has 2 heterocycles. The van der Waals surface area contributed by atoms with Crippen LogP contribution >= 0.6 is 11.6 Å². The number of hydrogen-bond acceptors (Lipinski definition) is 4. The Labute approximate surface area is 213 Å². The topological polar surface area (TPSA) is 64.1 Å². The first-order valence-electron chi connectivity index (χ1n) is 12.5. The van der Waals surface area contributed by atoms with E-state index < -0.39 is 5.60 Å². The third-order valence-electron chi connectivity index (χ3n) is 7.74. The number of carbonyl (C=O) groups excluding carboxylic acids is 2. The summed E-state index contributed by atoms with van der Waals surface area (Å²) < 4.78 is 0. The molecule has 0 bridgehead atoms. The average molecular weight is 498 g/mol. The predicted octanol–water partition coefficient (Wildman–Crippen LogP) is 4.40. The molecule has 0 spiro atoms. The lowest BCUT2D eigenvalue weighted by Gasteiger charge is -2.42. The molecule has 2 aromatic carbocycles. The zero-order valence-corrected chi connectivity index (χ0v) is 21.7. The van der Waals surface area contributed by atoms with Crippen molar-refractivity contribution in [3.05, 3.63) is 64.7 Å². The second kappa shape index (κ2) is 10.6. The highest BCUT2D eigenvalue weighted by Gasteiger charge is 2.38. The summed E-state index contributed by atoms with van der Waals surface area (Å²) in [4.78, 5) is 31.0. The number of anilines is 1. The molecule has 2 aliphatic rings. The van der Waals surface area contributed by atoms with Crippen LogP contribution in [0.15, 0.2) is 48.5 Å². The van der Waals surface area contributed by atoms with Crippen LogP contribution in [0.1, 0.15) is 48.5 Å². The molecule has 4 rings (SSSR count). The lowest BCUT2D eigenvalue weighted by Crippen LogP contribution is -2.49. The number of benzene rings is 2. The molecule has 1 unspecified atom stereocenters. The number of piperidine rings is 2. The maximum absolute atomic E-state index is 13.1. The maximum Gasteiger partial charge on any atom is 0.258 e. The van der Waals surface area contributed by atoms with Crippen LogP contribution in [-0.4, -0.2) is 67.0 Å². The van der Waals surface area contributed by atoms with Crippen LogP contribution in [0, 0.1) is 11.8 Å². The van der Waals surface area contributed by atoms with Gasteiger partial charge in [0, 0.05) is 46.0 Å². The molecule has 188 valence electrons. The van der Waals surface area contributed by atoms with Gasteiger partial charge in [-0.2, -0.15) is 0 Å². The van der Waals surface area contributed by atoms with Crippen LogP contribution in [0.2, 0.25) is 5.02 Å². The lowest BCUT2D eigenvalue weighted by atomic mass is 9.78. The average Bonchev–Trinajstić information content (AvgIpc) is 2.88. The zero-order valence-electron chi connectivity index (χ0n) is 20.9. The van der Waals surface area contributed by atoms with Gasteiger partial charge in [0.05, 0.1) is 10.6 Å². The van der Waals surface area contributed by atoms with Crippen LogP contribution in [0.3, 0.4) is 0 Å². The highest BCUT2D eigenvalue weighted by Crippen LogP contribution is 2.36. The molecule has 2 aliphatic heterocycles. The number of halogens is 1. The fraction of sp³-hybridized carbons (Fsp3) is 0.500. The van der Waals surface area contributed by atoms with Gasteiger partial charge in [-0.3, -0.25) is 9.59 Å². The Bertz CT molecular complexity index is 1040. The van der Waals surface area contributed by atoms with Crippen molar-refractivity contribution in [2.24, 2.45) is 11.8 Å². The number of hydrogen-bond donors (Lipinski definition) is 1. The van der Waals surface area contributed by atoms with E-state index in [9.17, 15) is 14.7 Å². The van der Waals surface area contributed by atoms with E-state index in [0.717, 1.165) is 44.5 Å². The van der Waals surface area contributed by atoms with Gasteiger partial charge in [0.25, 0.3) is 11.8 Å². The van der Waals surface area contributed by atoms with E-state index >= 15 is 0 Å². The van der Waals surface area contributed by atoms with E-state index in [2.05, 4.69) is 4.90 Å². The Kier molecular flexibility index (Phi) is 7.72. The number of likely N-dealkylation sites (tertiary alicyclic amines) is 1. The van der Waals surface area contributed by atoms with Gasteiger partial charge in [-0.15, -0.1) is 0 Å². The van der Waals surface area contributed by atoms with Crippen LogP contribution in [0.4, 0.5) is 5.69 Å². The summed E-state index contributed by atoms with van der Waals surface area (Å²) in [6, 6.07) is 14.9. The standard InChI is InChI=1S/C28H36ClN3O3/c1-28(35,22-7-5-4-6-8-22)27(34)32-17-13-21(14-18-32)20-11-15-31(16-12-20)23-9-10-24(25(29)19-23)26(33)30(2)3/h4-10,19-21,35H,11-18H2,1-3H3. The first kappa shape index (κ1) is 25.5. The lowest BCUT2D eigenvalue weighted by molar-refractivity contribution is -0.152. The second-order valence-corrected chi connectivity index (χ2v) is 10.7. The van der Waals surface area contributed by atoms with Crippen LogP contribution in [-0.2, 0) is 10.4 Å². The quantitative estimate of drug-likeness (QED) is 0.664. The Morgan fingerprint density at radius 3 is 2.06 bits per heavy atom. The number of aliphatic hydroxyl groups is 1. The predicted molar refractivity (Wildman–Crippen MR) is 140 cm³/mol. The molecule has 1 atom stereocenters. The van der Waals surface area contributed by atoms with Gasteiger partial charge in [-0.05, 0) is 68.2 Å². The molecule has 2 amide bonds. The van der Waals surface area contributed by atoms with Gasteiger partial charge in [-0.1, -0.05) is 41.9 Å². The first-order valence-corrected chi connectivity index (χ1v) is 12.9. The molecule has 0 saturated carbocycles. The van der Waals surface area contributed by atoms with Crippen molar-refractivity contribution < 1.29 is 14.7 Å². The van der Waals surface area contributed by atoms with Gasteiger partial charge in [0.2, 0.25) is 0 Å². The van der Waals surface area contributed by atoms with Crippen molar-refractivity contribution >= 4 is 29.1 Å². The van der Waals surface area contributed by atoms with Gasteiger partial charge < -0.3 is 19.8 Å². The maximum atomic E-state index is 13.1. The normalized spacial score (nSPS) is 19.3. The summed E-state index contributed by atoms with van der Waals surface area (Å²) in [5, 5.41) is 11.4. The fourth-order valence-corrected chi connectivity index (χ4v) is 5.77. The van der Waals surface area contributed by atoms with E-state index in [1.54, 1.807) is 33.2 Å². The van der Waals surface area contributed by atoms with E-state index in [0.29, 0.717) is 41.1 Å². The fourth-order valence-electron chi connectivity index (χ4n) is 5.51. The van der Waals surface area contributed by atoms with E-state index in [1.165, 1.54) is 4.90 Å². The molecule has 0 aromatic heterocycles. The molecule has 0 aliphatic carbocycles. The second-order valence-electron chi connectivity index (χ2n) is 10.3. The van der Waals surface area contributed by atoms with Crippen molar-refractivity contribution in [2.75, 3.05) is 45.2 Å². The summed E-state index contributed by atoms with van der Waals surface area (Å²) in [7, 11) is 3.45. The van der Waals surface area contributed by atoms with Crippen LogP contribution in [0.25, 0.3) is 0 Å². The molecule has 7 heteroatoms. The molecule has 1 N–H and O–H groups in total. The number of rotatable bonds is 5. The number of carbonyl (C=O) groups is 2. The monoisotopic (exact) mass is 497 g/mol. The minimum absolute atomic E-state index is 0.0876. The van der Waals surface area contributed by atoms with Gasteiger partial charge in [0.1, 0.15) is 0 Å². The smallest absolute Gasteiger partial charge is 0.258 e. The van der Waals surface area contributed by atoms with Crippen molar-refractivity contribution in [2.45, 2.75) is 38.2 Å². The van der Waals surface area contributed by atoms with E-state index in [1.807, 2.05) is 41.3 Å². The minimum Gasteiger partial charge on any atom is -0.376 e. The van der Waals surface area contributed by atoms with Crippen molar-refractivity contribution in [3.63, 3.8) is 0 Å². The highest BCUT2D eigenvalue weighted by atomic mass is 35.5. The molecule has 2 aromatic rings. The summed E-state index contributed by atoms with van der Waals surface area (Å²) in [5.74, 6) is 0.954. The van der Waals surface area contributed by atoms with Crippen molar-refractivity contribution in [1.82, 2.24) is 9.80 Å². The summed E-state index contributed by atoms with van der Waals surface area (Å²) in [6.45, 7) is 4.92. The van der Waals surface area contributed by atoms with E-state index in [4.69, 9.17) is 11.6 Å². The van der Waals surface area contributed by atoms with Gasteiger partial charge >= 0.3 is 0 Å². The molecule has 2 fully saturated rings. The first-order chi connectivity index (χ1) is 16.7. The molecule has 2 saturated heterocycles.